The van der Waals surface area contributed by atoms with Gasteiger partial charge in [0.25, 0.3) is 5.91 Å². The molecule has 6 nitrogen and oxygen atoms in total. The molecule has 9 heteroatoms. The minimum atomic E-state index is -0.677. The van der Waals surface area contributed by atoms with Crippen molar-refractivity contribution >= 4 is 52.3 Å². The molecule has 0 spiro atoms. The summed E-state index contributed by atoms with van der Waals surface area (Å²) in [4.78, 5) is 33.7. The number of carbonyl (C=O) groups is 2. The first-order valence-corrected chi connectivity index (χ1v) is 9.24. The van der Waals surface area contributed by atoms with Crippen molar-refractivity contribution in [3.63, 3.8) is 0 Å². The van der Waals surface area contributed by atoms with Crippen LogP contribution in [0.2, 0.25) is 0 Å². The predicted octanol–water partition coefficient (Wildman–Crippen LogP) is 4.35. The number of nitrogens with zero attached hydrogens (tertiary/aromatic N) is 3. The monoisotopic (exact) mass is 427 g/mol. The van der Waals surface area contributed by atoms with Crippen molar-refractivity contribution in [2.45, 2.75) is 39.8 Å². The van der Waals surface area contributed by atoms with Crippen molar-refractivity contribution in [2.75, 3.05) is 6.54 Å². The van der Waals surface area contributed by atoms with Gasteiger partial charge in [0.15, 0.2) is 0 Å². The fraction of sp³-hybridized carbons (Fsp3) is 0.368. The maximum atomic E-state index is 14.6. The Morgan fingerprint density at radius 1 is 1.39 bits per heavy atom. The van der Waals surface area contributed by atoms with Gasteiger partial charge < -0.3 is 9.64 Å². The van der Waals surface area contributed by atoms with Gasteiger partial charge in [0.05, 0.1) is 12.2 Å². The van der Waals surface area contributed by atoms with Gasteiger partial charge in [0.1, 0.15) is 18.0 Å². The Hall–Kier alpha value is -2.25. The molecule has 1 aliphatic heterocycles. The summed E-state index contributed by atoms with van der Waals surface area (Å²) < 4.78 is 19.8. The Morgan fingerprint density at radius 3 is 2.64 bits per heavy atom. The van der Waals surface area contributed by atoms with E-state index in [1.165, 1.54) is 23.2 Å². The number of fused-ring (bicyclic) bond motifs is 1. The van der Waals surface area contributed by atoms with E-state index < -0.39 is 23.3 Å². The Balaban J connectivity index is 2.30. The largest absolute Gasteiger partial charge is 0.459 e. The van der Waals surface area contributed by atoms with Gasteiger partial charge in [0, 0.05) is 28.4 Å². The third-order valence-corrected chi connectivity index (χ3v) is 4.04. The molecule has 1 amide bonds. The number of esters is 1. The molecule has 0 saturated heterocycles. The van der Waals surface area contributed by atoms with E-state index in [9.17, 15) is 14.0 Å². The van der Waals surface area contributed by atoms with Crippen LogP contribution in [0.4, 0.5) is 4.39 Å². The highest BCUT2D eigenvalue weighted by Gasteiger charge is 2.33. The van der Waals surface area contributed by atoms with E-state index in [1.54, 1.807) is 27.7 Å². The normalized spacial score (nSPS) is 15.4. The highest BCUT2D eigenvalue weighted by atomic mass is 35.5. The maximum Gasteiger partial charge on any atom is 0.326 e. The molecule has 0 saturated carbocycles. The topological polar surface area (TPSA) is 71.3 Å². The maximum absolute atomic E-state index is 14.6. The number of hydrogen-bond donors (Lipinski definition) is 0. The van der Waals surface area contributed by atoms with Crippen molar-refractivity contribution in [3.8, 4) is 0 Å². The number of ether oxygens (including phenoxy) is 1. The number of carbonyl (C=O) groups excluding carboxylic acids is 2. The summed E-state index contributed by atoms with van der Waals surface area (Å²) in [5, 5.41) is -0.0896. The summed E-state index contributed by atoms with van der Waals surface area (Å²) in [6.45, 7) is 6.55. The summed E-state index contributed by atoms with van der Waals surface area (Å²) in [6, 6.07) is 2.67. The molecule has 0 bridgehead atoms. The van der Waals surface area contributed by atoms with E-state index in [-0.39, 0.29) is 40.8 Å². The molecule has 1 aromatic rings. The molecule has 1 aromatic carbocycles. The quantitative estimate of drug-likeness (QED) is 0.310. The summed E-state index contributed by atoms with van der Waals surface area (Å²) in [5.74, 6) is -1.64. The zero-order valence-electron chi connectivity index (χ0n) is 15.9. The lowest BCUT2D eigenvalue weighted by Crippen LogP contribution is -2.35. The number of amidine groups is 1. The van der Waals surface area contributed by atoms with Crippen molar-refractivity contribution in [1.82, 2.24) is 4.90 Å². The number of benzene rings is 1. The van der Waals surface area contributed by atoms with Crippen LogP contribution in [0.5, 0.6) is 0 Å². The van der Waals surface area contributed by atoms with Crippen molar-refractivity contribution < 1.29 is 18.7 Å². The molecule has 2 rings (SSSR count). The summed E-state index contributed by atoms with van der Waals surface area (Å²) in [5.41, 5.74) is 1.20. The number of halogens is 3. The fourth-order valence-corrected chi connectivity index (χ4v) is 2.98. The molecule has 0 unspecified atom stereocenters. The van der Waals surface area contributed by atoms with E-state index in [2.05, 4.69) is 9.98 Å². The fourth-order valence-electron chi connectivity index (χ4n) is 2.61. The molecule has 0 atom stereocenters. The molecular formula is C19H20Cl2FN3O3. The second-order valence-corrected chi connectivity index (χ2v) is 7.55. The van der Waals surface area contributed by atoms with Crippen LogP contribution in [0, 0.1) is 5.82 Å². The molecule has 1 aliphatic rings. The van der Waals surface area contributed by atoms with Crippen LogP contribution in [0.15, 0.2) is 27.7 Å². The molecule has 1 heterocycles. The minimum absolute atomic E-state index is 0.0242. The molecule has 0 aliphatic carbocycles. The zero-order chi connectivity index (χ0) is 21.1. The molecule has 0 fully saturated rings. The predicted molar refractivity (Wildman–Crippen MR) is 108 cm³/mol. The summed E-state index contributed by atoms with van der Waals surface area (Å²) in [6.07, 6.45) is 1.44. The third-order valence-electron chi connectivity index (χ3n) is 3.65. The van der Waals surface area contributed by atoms with Crippen molar-refractivity contribution in [2.24, 2.45) is 9.98 Å². The lowest BCUT2D eigenvalue weighted by Gasteiger charge is -2.22. The third kappa shape index (κ3) is 5.39. The first-order chi connectivity index (χ1) is 13.1. The van der Waals surface area contributed by atoms with Crippen LogP contribution in [0.3, 0.4) is 0 Å². The van der Waals surface area contributed by atoms with E-state index in [0.29, 0.717) is 0 Å². The van der Waals surface area contributed by atoms with E-state index in [1.807, 2.05) is 0 Å². The molecule has 0 aromatic heterocycles. The minimum Gasteiger partial charge on any atom is -0.459 e. The highest BCUT2D eigenvalue weighted by molar-refractivity contribution is 6.65. The first kappa shape index (κ1) is 22.0. The Morgan fingerprint density at radius 2 is 2.07 bits per heavy atom. The SMILES string of the molecule is CC=NC(Cl)=N/C(=C/Cl)c1cc(F)c2c(c1)C(=O)N(CC(=O)OC(C)(C)C)C2. The van der Waals surface area contributed by atoms with Crippen LogP contribution in [-0.2, 0) is 16.1 Å². The van der Waals surface area contributed by atoms with E-state index in [0.717, 1.165) is 5.54 Å². The summed E-state index contributed by atoms with van der Waals surface area (Å²) >= 11 is 11.6. The summed E-state index contributed by atoms with van der Waals surface area (Å²) in [7, 11) is 0. The van der Waals surface area contributed by atoms with Gasteiger partial charge in [-0.05, 0) is 51.4 Å². The van der Waals surface area contributed by atoms with Crippen molar-refractivity contribution in [3.05, 3.63) is 40.2 Å². The van der Waals surface area contributed by atoms with Gasteiger partial charge in [-0.25, -0.2) is 14.4 Å². The average molecular weight is 428 g/mol. The zero-order valence-corrected chi connectivity index (χ0v) is 17.4. The van der Waals surface area contributed by atoms with Gasteiger partial charge in [-0.3, -0.25) is 9.59 Å². The van der Waals surface area contributed by atoms with Crippen molar-refractivity contribution in [1.29, 1.82) is 0 Å². The van der Waals surface area contributed by atoms with Gasteiger partial charge in [0.2, 0.25) is 5.29 Å². The molecule has 0 N–H and O–H groups in total. The smallest absolute Gasteiger partial charge is 0.326 e. The first-order valence-electron chi connectivity index (χ1n) is 8.43. The van der Waals surface area contributed by atoms with Crippen LogP contribution < -0.4 is 0 Å². The Labute approximate surface area is 172 Å². The number of rotatable bonds is 4. The Kier molecular flexibility index (Phi) is 6.96. The number of aliphatic imine (C=N–C) groups is 2. The molecule has 28 heavy (non-hydrogen) atoms. The lowest BCUT2D eigenvalue weighted by atomic mass is 10.0. The Bertz CT molecular complexity index is 889. The van der Waals surface area contributed by atoms with Crippen LogP contribution in [0.1, 0.15) is 49.2 Å². The van der Waals surface area contributed by atoms with Gasteiger partial charge in [-0.2, -0.15) is 0 Å². The van der Waals surface area contributed by atoms with E-state index >= 15 is 0 Å². The van der Waals surface area contributed by atoms with Gasteiger partial charge in [-0.1, -0.05) is 11.6 Å². The highest BCUT2D eigenvalue weighted by Crippen LogP contribution is 2.30. The number of hydrogen-bond acceptors (Lipinski definition) is 4. The average Bonchev–Trinajstić information content (AvgIpc) is 2.88. The molecule has 150 valence electrons. The molecule has 0 radical (unpaired) electrons. The second-order valence-electron chi connectivity index (χ2n) is 6.99. The van der Waals surface area contributed by atoms with Crippen LogP contribution in [-0.4, -0.2) is 40.4 Å². The number of amides is 1. The molecular weight excluding hydrogens is 408 g/mol. The van der Waals surface area contributed by atoms with Gasteiger partial charge >= 0.3 is 5.97 Å². The van der Waals surface area contributed by atoms with Crippen LogP contribution >= 0.6 is 23.2 Å². The van der Waals surface area contributed by atoms with Crippen LogP contribution in [0.25, 0.3) is 5.70 Å². The van der Waals surface area contributed by atoms with Gasteiger partial charge in [-0.15, -0.1) is 0 Å². The lowest BCUT2D eigenvalue weighted by molar-refractivity contribution is -0.155. The second kappa shape index (κ2) is 8.84. The van der Waals surface area contributed by atoms with E-state index in [4.69, 9.17) is 27.9 Å². The standard InChI is InChI=1S/C19H20Cl2FN3O3/c1-5-23-18(21)24-15(8-20)11-6-12-13(14(22)7-11)9-25(17(12)27)10-16(26)28-19(2,3)4/h5-8H,9-10H2,1-4H3/b15-8+,23-5?,24-18?.